The fourth-order valence-corrected chi connectivity index (χ4v) is 4.92. The highest BCUT2D eigenvalue weighted by Gasteiger charge is 2.24. The van der Waals surface area contributed by atoms with Gasteiger partial charge in [0.25, 0.3) is 0 Å². The van der Waals surface area contributed by atoms with E-state index in [9.17, 15) is 0 Å². The maximum atomic E-state index is 6.14. The van der Waals surface area contributed by atoms with Gasteiger partial charge in [-0.15, -0.1) is 0 Å². The fraction of sp³-hybridized carbons (Fsp3) is 0.731. The number of nitrogens with one attached hydrogen (secondary N) is 1. The van der Waals surface area contributed by atoms with E-state index in [1.165, 1.54) is 43.6 Å². The highest BCUT2D eigenvalue weighted by atomic mass is 16.5. The third-order valence-electron chi connectivity index (χ3n) is 7.11. The van der Waals surface area contributed by atoms with Crippen LogP contribution in [0.5, 0.6) is 0 Å². The van der Waals surface area contributed by atoms with E-state index >= 15 is 0 Å². The highest BCUT2D eigenvalue weighted by molar-refractivity contribution is 5.80. The molecule has 0 radical (unpaired) electrons. The molecule has 3 aliphatic rings. The van der Waals surface area contributed by atoms with Crippen LogP contribution in [0.2, 0.25) is 0 Å². The molecule has 0 spiro atoms. The smallest absolute Gasteiger partial charge is 0.194 e. The molecule has 0 aromatic heterocycles. The van der Waals surface area contributed by atoms with Crippen LogP contribution in [0.4, 0.5) is 5.69 Å². The first-order valence-electron chi connectivity index (χ1n) is 12.8. The Labute approximate surface area is 194 Å². The van der Waals surface area contributed by atoms with Crippen molar-refractivity contribution in [1.82, 2.24) is 10.2 Å². The summed E-state index contributed by atoms with van der Waals surface area (Å²) in [5, 5.41) is 3.49. The zero-order chi connectivity index (χ0) is 22.2. The van der Waals surface area contributed by atoms with Crippen molar-refractivity contribution >= 4 is 11.6 Å². The summed E-state index contributed by atoms with van der Waals surface area (Å²) in [6.45, 7) is 12.1. The van der Waals surface area contributed by atoms with Crippen molar-refractivity contribution in [1.29, 1.82) is 0 Å². The molecule has 1 aromatic carbocycles. The summed E-state index contributed by atoms with van der Waals surface area (Å²) >= 11 is 0. The molecule has 4 rings (SSSR count). The number of piperidine rings is 2. The number of hydrogen-bond acceptors (Lipinski definition) is 4. The van der Waals surface area contributed by atoms with Crippen molar-refractivity contribution in [2.24, 2.45) is 10.9 Å². The highest BCUT2D eigenvalue weighted by Crippen LogP contribution is 2.23. The molecular formula is C26H42N4O2. The van der Waals surface area contributed by atoms with E-state index in [1.807, 2.05) is 0 Å². The van der Waals surface area contributed by atoms with Crippen molar-refractivity contribution in [2.45, 2.75) is 71.1 Å². The van der Waals surface area contributed by atoms with Crippen LogP contribution in [0.25, 0.3) is 0 Å². The van der Waals surface area contributed by atoms with Gasteiger partial charge in [0.15, 0.2) is 5.96 Å². The predicted octanol–water partition coefficient (Wildman–Crippen LogP) is 4.05. The van der Waals surface area contributed by atoms with Gasteiger partial charge in [0, 0.05) is 45.0 Å². The first-order chi connectivity index (χ1) is 15.7. The summed E-state index contributed by atoms with van der Waals surface area (Å²) in [5.41, 5.74) is 2.62. The van der Waals surface area contributed by atoms with Gasteiger partial charge < -0.3 is 24.6 Å². The van der Waals surface area contributed by atoms with E-state index in [4.69, 9.17) is 14.5 Å². The Balaban J connectivity index is 1.25. The minimum absolute atomic E-state index is 0.316. The Kier molecular flexibility index (Phi) is 8.69. The summed E-state index contributed by atoms with van der Waals surface area (Å²) in [6.07, 6.45) is 7.70. The maximum absolute atomic E-state index is 6.14. The summed E-state index contributed by atoms with van der Waals surface area (Å²) in [5.74, 6) is 1.89. The average molecular weight is 443 g/mol. The van der Waals surface area contributed by atoms with Crippen molar-refractivity contribution in [3.8, 4) is 0 Å². The molecule has 0 saturated carbocycles. The van der Waals surface area contributed by atoms with Gasteiger partial charge in [0.2, 0.25) is 0 Å². The molecule has 32 heavy (non-hydrogen) atoms. The van der Waals surface area contributed by atoms with E-state index in [2.05, 4.69) is 53.2 Å². The zero-order valence-electron chi connectivity index (χ0n) is 20.1. The number of guanidine groups is 1. The van der Waals surface area contributed by atoms with Crippen LogP contribution in [0.3, 0.4) is 0 Å². The van der Waals surface area contributed by atoms with Gasteiger partial charge in [-0.1, -0.05) is 19.1 Å². The predicted molar refractivity (Wildman–Crippen MR) is 131 cm³/mol. The van der Waals surface area contributed by atoms with Gasteiger partial charge in [-0.2, -0.15) is 0 Å². The first kappa shape index (κ1) is 23.4. The van der Waals surface area contributed by atoms with Crippen LogP contribution in [-0.4, -0.2) is 69.0 Å². The van der Waals surface area contributed by atoms with E-state index in [-0.39, 0.29) is 0 Å². The third kappa shape index (κ3) is 6.61. The monoisotopic (exact) mass is 442 g/mol. The number of anilines is 1. The summed E-state index contributed by atoms with van der Waals surface area (Å²) in [4.78, 5) is 9.85. The zero-order valence-corrected chi connectivity index (χ0v) is 20.1. The number of benzene rings is 1. The lowest BCUT2D eigenvalue weighted by atomic mass is 9.99. The number of hydrogen-bond donors (Lipinski definition) is 1. The van der Waals surface area contributed by atoms with Crippen molar-refractivity contribution < 1.29 is 9.47 Å². The molecule has 1 N–H and O–H groups in total. The number of likely N-dealkylation sites (tertiary alicyclic amines) is 1. The normalized spacial score (nSPS) is 23.7. The second-order valence-corrected chi connectivity index (χ2v) is 9.66. The van der Waals surface area contributed by atoms with Crippen LogP contribution < -0.4 is 10.2 Å². The van der Waals surface area contributed by atoms with Crippen molar-refractivity contribution in [3.05, 3.63) is 29.8 Å². The molecule has 0 aliphatic carbocycles. The molecule has 3 aliphatic heterocycles. The maximum Gasteiger partial charge on any atom is 0.194 e. The molecule has 1 atom stereocenters. The Hall–Kier alpha value is -1.79. The first-order valence-corrected chi connectivity index (χ1v) is 12.8. The minimum atomic E-state index is 0.316. The Morgan fingerprint density at radius 2 is 1.81 bits per heavy atom. The molecule has 6 heteroatoms. The van der Waals surface area contributed by atoms with E-state index in [0.29, 0.717) is 12.2 Å². The second-order valence-electron chi connectivity index (χ2n) is 9.66. The lowest BCUT2D eigenvalue weighted by Gasteiger charge is -2.34. The standard InChI is InChI=1S/C26H42N4O2/c1-3-27-26(30-16-12-24(13-17-30)32-20-25-5-4-18-31-25)28-19-22-6-8-23(9-7-22)29-14-10-21(2)11-15-29/h6-9,21,24-25H,3-5,10-20H2,1-2H3,(H,27,28). The molecule has 178 valence electrons. The second kappa shape index (κ2) is 11.9. The summed E-state index contributed by atoms with van der Waals surface area (Å²) < 4.78 is 11.8. The van der Waals surface area contributed by atoms with Crippen LogP contribution in [0.15, 0.2) is 29.3 Å². The molecule has 3 fully saturated rings. The van der Waals surface area contributed by atoms with Gasteiger partial charge in [0.1, 0.15) is 0 Å². The molecule has 1 unspecified atom stereocenters. The third-order valence-corrected chi connectivity index (χ3v) is 7.11. The van der Waals surface area contributed by atoms with Gasteiger partial charge in [-0.25, -0.2) is 4.99 Å². The SMILES string of the molecule is CCNC(=NCc1ccc(N2CCC(C)CC2)cc1)N1CCC(OCC2CCCO2)CC1. The Morgan fingerprint density at radius 1 is 1.06 bits per heavy atom. The molecule has 0 amide bonds. The van der Waals surface area contributed by atoms with E-state index in [0.717, 1.165) is 70.5 Å². The molecule has 6 nitrogen and oxygen atoms in total. The largest absolute Gasteiger partial charge is 0.376 e. The summed E-state index contributed by atoms with van der Waals surface area (Å²) in [6, 6.07) is 9.02. The Bertz CT molecular complexity index is 701. The number of ether oxygens (including phenoxy) is 2. The quantitative estimate of drug-likeness (QED) is 0.510. The van der Waals surface area contributed by atoms with Crippen LogP contribution >= 0.6 is 0 Å². The Morgan fingerprint density at radius 3 is 2.47 bits per heavy atom. The molecule has 0 bridgehead atoms. The number of aliphatic imine (C=N–C) groups is 1. The topological polar surface area (TPSA) is 49.3 Å². The van der Waals surface area contributed by atoms with Crippen LogP contribution in [0.1, 0.15) is 57.9 Å². The number of nitrogens with zero attached hydrogens (tertiary/aromatic N) is 3. The van der Waals surface area contributed by atoms with E-state index in [1.54, 1.807) is 0 Å². The number of rotatable bonds is 7. The molecular weight excluding hydrogens is 400 g/mol. The summed E-state index contributed by atoms with van der Waals surface area (Å²) in [7, 11) is 0. The molecule has 3 heterocycles. The van der Waals surface area contributed by atoms with Gasteiger partial charge >= 0.3 is 0 Å². The van der Waals surface area contributed by atoms with Gasteiger partial charge in [0.05, 0.1) is 25.4 Å². The van der Waals surface area contributed by atoms with Crippen LogP contribution in [0, 0.1) is 5.92 Å². The molecule has 1 aromatic rings. The fourth-order valence-electron chi connectivity index (χ4n) is 4.92. The minimum Gasteiger partial charge on any atom is -0.376 e. The lowest BCUT2D eigenvalue weighted by Crippen LogP contribution is -2.47. The van der Waals surface area contributed by atoms with Crippen molar-refractivity contribution in [3.63, 3.8) is 0 Å². The van der Waals surface area contributed by atoms with Gasteiger partial charge in [-0.05, 0) is 69.1 Å². The van der Waals surface area contributed by atoms with Gasteiger partial charge in [-0.3, -0.25) is 0 Å². The average Bonchev–Trinajstić information content (AvgIpc) is 3.36. The van der Waals surface area contributed by atoms with E-state index < -0.39 is 0 Å². The lowest BCUT2D eigenvalue weighted by molar-refractivity contribution is -0.0367. The molecule has 3 saturated heterocycles. The van der Waals surface area contributed by atoms with Crippen LogP contribution in [-0.2, 0) is 16.0 Å². The van der Waals surface area contributed by atoms with Crippen molar-refractivity contribution in [2.75, 3.05) is 50.8 Å².